The van der Waals surface area contributed by atoms with Crippen LogP contribution in [0.4, 0.5) is 5.82 Å². The van der Waals surface area contributed by atoms with Crippen LogP contribution in [0.15, 0.2) is 22.8 Å². The molecule has 1 aliphatic carbocycles. The van der Waals surface area contributed by atoms with Gasteiger partial charge in [-0.25, -0.2) is 4.98 Å². The molecule has 2 N–H and O–H groups in total. The van der Waals surface area contributed by atoms with E-state index in [-0.39, 0.29) is 17.9 Å². The predicted octanol–water partition coefficient (Wildman–Crippen LogP) is 1.62. The van der Waals surface area contributed by atoms with Gasteiger partial charge in [0.1, 0.15) is 5.82 Å². The Morgan fingerprint density at radius 2 is 2.00 bits per heavy atom. The number of piperazine rings is 1. The van der Waals surface area contributed by atoms with E-state index < -0.39 is 0 Å². The maximum Gasteiger partial charge on any atom is 0.227 e. The molecule has 1 amide bonds. The first kappa shape index (κ1) is 14.8. The van der Waals surface area contributed by atoms with Crippen LogP contribution in [0, 0.1) is 5.92 Å². The lowest BCUT2D eigenvalue weighted by atomic mass is 10.0. The molecule has 1 aromatic rings. The van der Waals surface area contributed by atoms with Gasteiger partial charge in [0.2, 0.25) is 5.91 Å². The topological polar surface area (TPSA) is 62.5 Å². The van der Waals surface area contributed by atoms with Crippen molar-refractivity contribution in [3.8, 4) is 0 Å². The molecule has 0 radical (unpaired) electrons. The van der Waals surface area contributed by atoms with Crippen LogP contribution in [0.5, 0.6) is 0 Å². The molecule has 0 bridgehead atoms. The van der Waals surface area contributed by atoms with Crippen LogP contribution >= 0.6 is 15.9 Å². The van der Waals surface area contributed by atoms with E-state index in [4.69, 9.17) is 5.73 Å². The number of pyridine rings is 1. The fourth-order valence-electron chi connectivity index (χ4n) is 3.24. The van der Waals surface area contributed by atoms with Crippen LogP contribution in [0.2, 0.25) is 0 Å². The van der Waals surface area contributed by atoms with Gasteiger partial charge in [0.15, 0.2) is 0 Å². The second-order valence-corrected chi connectivity index (χ2v) is 6.76. The molecule has 2 aliphatic rings. The first-order chi connectivity index (χ1) is 10.1. The SMILES string of the molecule is N[C@H]1CCC[C@H]1C(=O)N1CCN(c2ccc(Br)cn2)CC1. The van der Waals surface area contributed by atoms with Gasteiger partial charge in [-0.1, -0.05) is 6.42 Å². The second kappa shape index (κ2) is 6.32. The summed E-state index contributed by atoms with van der Waals surface area (Å²) in [4.78, 5) is 21.1. The molecular formula is C15H21BrN4O. The highest BCUT2D eigenvalue weighted by molar-refractivity contribution is 9.10. The van der Waals surface area contributed by atoms with Crippen LogP contribution in [0.1, 0.15) is 19.3 Å². The van der Waals surface area contributed by atoms with Crippen molar-refractivity contribution in [3.05, 3.63) is 22.8 Å². The summed E-state index contributed by atoms with van der Waals surface area (Å²) in [6.07, 6.45) is 4.83. The molecule has 1 saturated heterocycles. The average molecular weight is 353 g/mol. The van der Waals surface area contributed by atoms with Gasteiger partial charge in [-0.05, 0) is 40.9 Å². The zero-order chi connectivity index (χ0) is 14.8. The number of nitrogens with zero attached hydrogens (tertiary/aromatic N) is 3. The Kier molecular flexibility index (Phi) is 4.45. The summed E-state index contributed by atoms with van der Waals surface area (Å²) >= 11 is 3.40. The van der Waals surface area contributed by atoms with Crippen molar-refractivity contribution in [3.63, 3.8) is 0 Å². The fraction of sp³-hybridized carbons (Fsp3) is 0.600. The Morgan fingerprint density at radius 1 is 1.24 bits per heavy atom. The number of carbonyl (C=O) groups excluding carboxylic acids is 1. The summed E-state index contributed by atoms with van der Waals surface area (Å²) in [5.74, 6) is 1.27. The number of amides is 1. The molecule has 21 heavy (non-hydrogen) atoms. The molecular weight excluding hydrogens is 332 g/mol. The Labute approximate surface area is 133 Å². The lowest BCUT2D eigenvalue weighted by Gasteiger charge is -2.37. The molecule has 1 aliphatic heterocycles. The van der Waals surface area contributed by atoms with Gasteiger partial charge in [0.05, 0.1) is 5.92 Å². The van der Waals surface area contributed by atoms with Gasteiger partial charge < -0.3 is 15.5 Å². The van der Waals surface area contributed by atoms with Crippen LogP contribution < -0.4 is 10.6 Å². The van der Waals surface area contributed by atoms with Gasteiger partial charge in [-0.2, -0.15) is 0 Å². The summed E-state index contributed by atoms with van der Waals surface area (Å²) in [6.45, 7) is 3.20. The molecule has 1 saturated carbocycles. The van der Waals surface area contributed by atoms with Crippen LogP contribution in [-0.4, -0.2) is 48.0 Å². The van der Waals surface area contributed by atoms with E-state index in [0.29, 0.717) is 0 Å². The Bertz CT molecular complexity index is 499. The molecule has 114 valence electrons. The van der Waals surface area contributed by atoms with Gasteiger partial charge in [0, 0.05) is 42.9 Å². The number of hydrogen-bond acceptors (Lipinski definition) is 4. The standard InChI is InChI=1S/C15H21BrN4O/c16-11-4-5-14(18-10-11)19-6-8-20(9-7-19)15(21)12-2-1-3-13(12)17/h4-5,10,12-13H,1-3,6-9,17H2/t12-,13+/m1/s1. The zero-order valence-corrected chi connectivity index (χ0v) is 13.6. The molecule has 5 nitrogen and oxygen atoms in total. The molecule has 0 unspecified atom stereocenters. The minimum Gasteiger partial charge on any atom is -0.353 e. The minimum atomic E-state index is 0.0438. The van der Waals surface area contributed by atoms with E-state index in [0.717, 1.165) is 55.7 Å². The maximum absolute atomic E-state index is 12.5. The molecule has 6 heteroatoms. The lowest BCUT2D eigenvalue weighted by molar-refractivity contribution is -0.136. The number of anilines is 1. The van der Waals surface area contributed by atoms with E-state index in [1.165, 1.54) is 0 Å². The number of aromatic nitrogens is 1. The van der Waals surface area contributed by atoms with Crippen molar-refractivity contribution in [1.29, 1.82) is 0 Å². The van der Waals surface area contributed by atoms with Crippen molar-refractivity contribution in [2.45, 2.75) is 25.3 Å². The predicted molar refractivity (Wildman–Crippen MR) is 86.0 cm³/mol. The summed E-state index contributed by atoms with van der Waals surface area (Å²) in [5.41, 5.74) is 6.05. The third kappa shape index (κ3) is 3.21. The van der Waals surface area contributed by atoms with Crippen molar-refractivity contribution >= 4 is 27.7 Å². The van der Waals surface area contributed by atoms with Gasteiger partial charge in [-0.15, -0.1) is 0 Å². The summed E-state index contributed by atoms with van der Waals surface area (Å²) in [6, 6.07) is 4.06. The Hall–Kier alpha value is -1.14. The highest BCUT2D eigenvalue weighted by Crippen LogP contribution is 2.26. The quantitative estimate of drug-likeness (QED) is 0.878. The molecule has 0 aromatic carbocycles. The van der Waals surface area contributed by atoms with E-state index in [2.05, 4.69) is 25.8 Å². The van der Waals surface area contributed by atoms with Crippen molar-refractivity contribution in [2.24, 2.45) is 11.7 Å². The van der Waals surface area contributed by atoms with Crippen molar-refractivity contribution in [1.82, 2.24) is 9.88 Å². The van der Waals surface area contributed by atoms with Crippen LogP contribution in [0.25, 0.3) is 0 Å². The smallest absolute Gasteiger partial charge is 0.227 e. The molecule has 0 spiro atoms. The number of nitrogens with two attached hydrogens (primary N) is 1. The number of carbonyl (C=O) groups is 1. The minimum absolute atomic E-state index is 0.0438. The average Bonchev–Trinajstić information content (AvgIpc) is 2.94. The lowest BCUT2D eigenvalue weighted by Crippen LogP contribution is -2.52. The first-order valence-electron chi connectivity index (χ1n) is 7.56. The summed E-state index contributed by atoms with van der Waals surface area (Å²) in [5, 5.41) is 0. The first-order valence-corrected chi connectivity index (χ1v) is 8.35. The second-order valence-electron chi connectivity index (χ2n) is 5.85. The Balaban J connectivity index is 1.57. The highest BCUT2D eigenvalue weighted by Gasteiger charge is 2.34. The van der Waals surface area contributed by atoms with Crippen LogP contribution in [-0.2, 0) is 4.79 Å². The fourth-order valence-corrected chi connectivity index (χ4v) is 3.48. The molecule has 3 rings (SSSR count). The van der Waals surface area contributed by atoms with Crippen LogP contribution in [0.3, 0.4) is 0 Å². The van der Waals surface area contributed by atoms with Crippen molar-refractivity contribution < 1.29 is 4.79 Å². The monoisotopic (exact) mass is 352 g/mol. The highest BCUT2D eigenvalue weighted by atomic mass is 79.9. The Morgan fingerprint density at radius 3 is 2.57 bits per heavy atom. The molecule has 1 aromatic heterocycles. The molecule has 2 atom stereocenters. The molecule has 2 heterocycles. The van der Waals surface area contributed by atoms with Crippen molar-refractivity contribution in [2.75, 3.05) is 31.1 Å². The van der Waals surface area contributed by atoms with E-state index in [1.54, 1.807) is 0 Å². The largest absolute Gasteiger partial charge is 0.353 e. The molecule has 2 fully saturated rings. The third-order valence-corrected chi connectivity index (χ3v) is 4.98. The normalized spacial score (nSPS) is 26.2. The number of halogens is 1. The van der Waals surface area contributed by atoms with Gasteiger partial charge >= 0.3 is 0 Å². The number of rotatable bonds is 2. The van der Waals surface area contributed by atoms with E-state index in [1.807, 2.05) is 23.2 Å². The summed E-state index contributed by atoms with van der Waals surface area (Å²) < 4.78 is 0.982. The number of hydrogen-bond donors (Lipinski definition) is 1. The van der Waals surface area contributed by atoms with E-state index in [9.17, 15) is 4.79 Å². The summed E-state index contributed by atoms with van der Waals surface area (Å²) in [7, 11) is 0. The van der Waals surface area contributed by atoms with Gasteiger partial charge in [0.25, 0.3) is 0 Å². The maximum atomic E-state index is 12.5. The van der Waals surface area contributed by atoms with Gasteiger partial charge in [-0.3, -0.25) is 4.79 Å². The zero-order valence-electron chi connectivity index (χ0n) is 12.0. The third-order valence-electron chi connectivity index (χ3n) is 4.51. The van der Waals surface area contributed by atoms with E-state index >= 15 is 0 Å².